The highest BCUT2D eigenvalue weighted by Gasteiger charge is 1.97. The van der Waals surface area contributed by atoms with Gasteiger partial charge in [0.05, 0.1) is 17.9 Å². The zero-order chi connectivity index (χ0) is 15.4. The molecule has 0 bridgehead atoms. The molecule has 0 aromatic heterocycles. The highest BCUT2D eigenvalue weighted by Crippen LogP contribution is 2.17. The van der Waals surface area contributed by atoms with Crippen LogP contribution < -0.4 is 10.5 Å². The fourth-order valence-electron chi connectivity index (χ4n) is 2.22. The number of hydrogen-bond donors (Lipinski definition) is 1. The molecule has 0 saturated carbocycles. The molecule has 3 rings (SSSR count). The van der Waals surface area contributed by atoms with Gasteiger partial charge in [-0.25, -0.2) is 0 Å². The van der Waals surface area contributed by atoms with Crippen molar-refractivity contribution >= 4 is 28.6 Å². The van der Waals surface area contributed by atoms with Crippen LogP contribution in [0.3, 0.4) is 0 Å². The molecule has 0 aliphatic rings. The summed E-state index contributed by atoms with van der Waals surface area (Å²) in [5.74, 6) is -1.19. The molecule has 0 heterocycles. The minimum Gasteiger partial charge on any atom is -0.545 e. The number of aromatic carboxylic acids is 1. The van der Waals surface area contributed by atoms with Gasteiger partial charge in [-0.05, 0) is 28.5 Å². The lowest BCUT2D eigenvalue weighted by atomic mass is 10.1. The highest BCUT2D eigenvalue weighted by molar-refractivity contribution is 5.99. The average molecular weight is 289 g/mol. The molecule has 22 heavy (non-hydrogen) atoms. The summed E-state index contributed by atoms with van der Waals surface area (Å²) in [5.41, 5.74) is 4.74. The van der Waals surface area contributed by atoms with Crippen LogP contribution in [0.2, 0.25) is 0 Å². The van der Waals surface area contributed by atoms with Crippen molar-refractivity contribution in [3.05, 3.63) is 77.9 Å². The molecule has 108 valence electrons. The summed E-state index contributed by atoms with van der Waals surface area (Å²) in [6, 6.07) is 20.4. The van der Waals surface area contributed by atoms with E-state index in [0.29, 0.717) is 5.69 Å². The zero-order valence-corrected chi connectivity index (χ0v) is 11.7. The molecule has 0 fully saturated rings. The van der Waals surface area contributed by atoms with E-state index < -0.39 is 5.97 Å². The fourth-order valence-corrected chi connectivity index (χ4v) is 2.22. The first-order valence-corrected chi connectivity index (χ1v) is 6.82. The summed E-state index contributed by atoms with van der Waals surface area (Å²) in [6.45, 7) is 0. The van der Waals surface area contributed by atoms with Gasteiger partial charge in [-0.15, -0.1) is 0 Å². The lowest BCUT2D eigenvalue weighted by Crippen LogP contribution is -2.21. The van der Waals surface area contributed by atoms with Crippen molar-refractivity contribution in [3.63, 3.8) is 0 Å². The Morgan fingerprint density at radius 2 is 1.68 bits per heavy atom. The van der Waals surface area contributed by atoms with Crippen molar-refractivity contribution in [2.75, 3.05) is 5.43 Å². The third-order valence-electron chi connectivity index (χ3n) is 3.34. The summed E-state index contributed by atoms with van der Waals surface area (Å²) < 4.78 is 0. The van der Waals surface area contributed by atoms with Crippen molar-refractivity contribution in [1.82, 2.24) is 0 Å². The summed E-state index contributed by atoms with van der Waals surface area (Å²) in [4.78, 5) is 10.7. The van der Waals surface area contributed by atoms with Gasteiger partial charge in [0.2, 0.25) is 0 Å². The molecule has 0 radical (unpaired) electrons. The Labute approximate surface area is 127 Å². The van der Waals surface area contributed by atoms with Crippen molar-refractivity contribution < 1.29 is 9.90 Å². The third-order valence-corrected chi connectivity index (χ3v) is 3.34. The molecule has 4 heteroatoms. The fraction of sp³-hybridized carbons (Fsp3) is 0. The van der Waals surface area contributed by atoms with Crippen LogP contribution in [0.1, 0.15) is 15.9 Å². The van der Waals surface area contributed by atoms with Crippen LogP contribution in [0.15, 0.2) is 71.8 Å². The number of hydrazone groups is 1. The quantitative estimate of drug-likeness (QED) is 0.593. The maximum absolute atomic E-state index is 10.7. The number of rotatable bonds is 4. The number of anilines is 1. The minimum absolute atomic E-state index is 0.142. The second-order valence-electron chi connectivity index (χ2n) is 4.80. The molecule has 0 aliphatic heterocycles. The SMILES string of the molecule is O=C([O-])c1ccc(N/N=C\c2cccc3ccccc23)cc1. The van der Waals surface area contributed by atoms with Crippen molar-refractivity contribution in [2.45, 2.75) is 0 Å². The largest absolute Gasteiger partial charge is 0.545 e. The third kappa shape index (κ3) is 2.96. The average Bonchev–Trinajstić information content (AvgIpc) is 2.55. The molecule has 1 N–H and O–H groups in total. The van der Waals surface area contributed by atoms with E-state index in [1.54, 1.807) is 18.3 Å². The first-order valence-electron chi connectivity index (χ1n) is 6.82. The summed E-state index contributed by atoms with van der Waals surface area (Å²) >= 11 is 0. The maximum Gasteiger partial charge on any atom is 0.0715 e. The monoisotopic (exact) mass is 289 g/mol. The summed E-state index contributed by atoms with van der Waals surface area (Å²) in [6.07, 6.45) is 1.75. The molecule has 0 aliphatic carbocycles. The summed E-state index contributed by atoms with van der Waals surface area (Å²) in [7, 11) is 0. The summed E-state index contributed by atoms with van der Waals surface area (Å²) in [5, 5.41) is 17.2. The predicted molar refractivity (Wildman–Crippen MR) is 85.9 cm³/mol. The normalized spacial score (nSPS) is 10.9. The molecule has 0 spiro atoms. The Bertz CT molecular complexity index is 834. The Hall–Kier alpha value is -3.14. The number of carboxylic acid groups (broad SMARTS) is 1. The maximum atomic E-state index is 10.7. The first-order chi connectivity index (χ1) is 10.7. The number of nitrogens with one attached hydrogen (secondary N) is 1. The number of fused-ring (bicyclic) bond motifs is 1. The molecule has 3 aromatic rings. The van der Waals surface area contributed by atoms with Gasteiger partial charge < -0.3 is 9.90 Å². The number of carbonyl (C=O) groups excluding carboxylic acids is 1. The van der Waals surface area contributed by atoms with Crippen LogP contribution in [0.25, 0.3) is 10.8 Å². The van der Waals surface area contributed by atoms with E-state index in [0.717, 1.165) is 16.3 Å². The van der Waals surface area contributed by atoms with Crippen molar-refractivity contribution in [2.24, 2.45) is 5.10 Å². The molecule has 3 aromatic carbocycles. The second-order valence-corrected chi connectivity index (χ2v) is 4.80. The Balaban J connectivity index is 1.77. The molecule has 0 atom stereocenters. The van der Waals surface area contributed by atoms with Gasteiger partial charge in [-0.2, -0.15) is 5.10 Å². The number of carboxylic acids is 1. The number of nitrogens with zero attached hydrogens (tertiary/aromatic N) is 1. The lowest BCUT2D eigenvalue weighted by Gasteiger charge is -2.04. The van der Waals surface area contributed by atoms with Crippen LogP contribution in [0.5, 0.6) is 0 Å². The Morgan fingerprint density at radius 1 is 0.955 bits per heavy atom. The van der Waals surface area contributed by atoms with E-state index in [1.165, 1.54) is 12.1 Å². The number of benzene rings is 3. The topological polar surface area (TPSA) is 64.5 Å². The van der Waals surface area contributed by atoms with Gasteiger partial charge in [0.1, 0.15) is 0 Å². The van der Waals surface area contributed by atoms with Crippen LogP contribution >= 0.6 is 0 Å². The van der Waals surface area contributed by atoms with Crippen LogP contribution in [0, 0.1) is 0 Å². The zero-order valence-electron chi connectivity index (χ0n) is 11.7. The van der Waals surface area contributed by atoms with Crippen LogP contribution in [-0.4, -0.2) is 12.2 Å². The van der Waals surface area contributed by atoms with Crippen molar-refractivity contribution in [1.29, 1.82) is 0 Å². The van der Waals surface area contributed by atoms with Gasteiger partial charge in [-0.1, -0.05) is 54.6 Å². The van der Waals surface area contributed by atoms with Crippen molar-refractivity contribution in [3.8, 4) is 0 Å². The van der Waals surface area contributed by atoms with Gasteiger partial charge in [0.25, 0.3) is 0 Å². The highest BCUT2D eigenvalue weighted by atomic mass is 16.4. The molecule has 0 amide bonds. The smallest absolute Gasteiger partial charge is 0.0715 e. The van der Waals surface area contributed by atoms with Crippen LogP contribution in [-0.2, 0) is 0 Å². The minimum atomic E-state index is -1.19. The van der Waals surface area contributed by atoms with Gasteiger partial charge >= 0.3 is 0 Å². The van der Waals surface area contributed by atoms with E-state index in [-0.39, 0.29) is 5.56 Å². The molecule has 0 unspecified atom stereocenters. The standard InChI is InChI=1S/C18H14N2O2/c21-18(22)14-8-10-16(11-9-14)20-19-12-15-6-3-5-13-4-1-2-7-17(13)15/h1-12,20H,(H,21,22)/p-1/b19-12-. The Morgan fingerprint density at radius 3 is 2.45 bits per heavy atom. The molecule has 0 saturated heterocycles. The Kier molecular flexibility index (Phi) is 3.83. The first kappa shape index (κ1) is 13.8. The lowest BCUT2D eigenvalue weighted by molar-refractivity contribution is -0.255. The molecule has 4 nitrogen and oxygen atoms in total. The predicted octanol–water partition coefficient (Wildman–Crippen LogP) is 2.65. The second kappa shape index (κ2) is 6.10. The number of carbonyl (C=O) groups is 1. The molecular formula is C18H13N2O2-. The number of hydrogen-bond acceptors (Lipinski definition) is 4. The van der Waals surface area contributed by atoms with E-state index in [4.69, 9.17) is 0 Å². The van der Waals surface area contributed by atoms with E-state index >= 15 is 0 Å². The van der Waals surface area contributed by atoms with E-state index in [2.05, 4.69) is 22.7 Å². The van der Waals surface area contributed by atoms with Crippen LogP contribution in [0.4, 0.5) is 5.69 Å². The van der Waals surface area contributed by atoms with Gasteiger partial charge in [0.15, 0.2) is 0 Å². The van der Waals surface area contributed by atoms with E-state index in [9.17, 15) is 9.90 Å². The van der Waals surface area contributed by atoms with Gasteiger partial charge in [-0.3, -0.25) is 5.43 Å². The van der Waals surface area contributed by atoms with E-state index in [1.807, 2.05) is 30.3 Å². The molecular weight excluding hydrogens is 276 g/mol. The van der Waals surface area contributed by atoms with Gasteiger partial charge in [0, 0.05) is 5.56 Å².